The molecule has 2 heterocycles. The number of nitrogens with two attached hydrogens (primary N) is 1. The molecule has 7 heteroatoms. The van der Waals surface area contributed by atoms with Gasteiger partial charge in [0, 0.05) is 11.8 Å². The standard InChI is InChI=1S/C16H18N4O3/c1-16(2,3)23-15(22)20-13-8-7-10(9-18-13)11-5-4-6-12(19-11)14(17)21/h4-9H,1-3H3,(H2,17,21)(H,18,20,22). The highest BCUT2D eigenvalue weighted by molar-refractivity contribution is 5.91. The van der Waals surface area contributed by atoms with Crippen molar-refractivity contribution in [2.75, 3.05) is 5.32 Å². The third-order valence-electron chi connectivity index (χ3n) is 2.69. The molecule has 0 saturated heterocycles. The third-order valence-corrected chi connectivity index (χ3v) is 2.69. The molecule has 3 N–H and O–H groups in total. The van der Waals surface area contributed by atoms with Crippen LogP contribution < -0.4 is 11.1 Å². The lowest BCUT2D eigenvalue weighted by atomic mass is 10.2. The Kier molecular flexibility index (Phi) is 4.59. The molecular weight excluding hydrogens is 296 g/mol. The number of pyridine rings is 2. The van der Waals surface area contributed by atoms with Crippen LogP contribution in [-0.2, 0) is 4.74 Å². The summed E-state index contributed by atoms with van der Waals surface area (Å²) in [4.78, 5) is 31.1. The lowest BCUT2D eigenvalue weighted by Gasteiger charge is -2.19. The van der Waals surface area contributed by atoms with Crippen LogP contribution in [0, 0.1) is 0 Å². The number of primary amides is 1. The monoisotopic (exact) mass is 314 g/mol. The van der Waals surface area contributed by atoms with Crippen LogP contribution in [0.3, 0.4) is 0 Å². The van der Waals surface area contributed by atoms with Gasteiger partial charge in [-0.3, -0.25) is 10.1 Å². The number of ether oxygens (including phenoxy) is 1. The van der Waals surface area contributed by atoms with Gasteiger partial charge in [0.25, 0.3) is 5.91 Å². The zero-order valence-electron chi connectivity index (χ0n) is 13.2. The van der Waals surface area contributed by atoms with Crippen LogP contribution in [0.2, 0.25) is 0 Å². The molecular formula is C16H18N4O3. The summed E-state index contributed by atoms with van der Waals surface area (Å²) in [5, 5.41) is 2.54. The number of rotatable bonds is 3. The number of nitrogens with zero attached hydrogens (tertiary/aromatic N) is 2. The molecule has 0 aliphatic heterocycles. The first-order valence-electron chi connectivity index (χ1n) is 6.98. The average Bonchev–Trinajstić information content (AvgIpc) is 2.46. The number of anilines is 1. The SMILES string of the molecule is CC(C)(C)OC(=O)Nc1ccc(-c2cccc(C(N)=O)n2)cn1. The summed E-state index contributed by atoms with van der Waals surface area (Å²) < 4.78 is 5.14. The maximum atomic E-state index is 11.7. The lowest BCUT2D eigenvalue weighted by Crippen LogP contribution is -2.27. The van der Waals surface area contributed by atoms with E-state index in [4.69, 9.17) is 10.5 Å². The molecule has 2 aromatic heterocycles. The first kappa shape index (κ1) is 16.4. The summed E-state index contributed by atoms with van der Waals surface area (Å²) in [7, 11) is 0. The molecule has 2 amide bonds. The second-order valence-electron chi connectivity index (χ2n) is 5.83. The van der Waals surface area contributed by atoms with Gasteiger partial charge in [0.15, 0.2) is 0 Å². The van der Waals surface area contributed by atoms with Gasteiger partial charge in [-0.2, -0.15) is 0 Å². The topological polar surface area (TPSA) is 107 Å². The predicted octanol–water partition coefficient (Wildman–Crippen LogP) is 2.59. The van der Waals surface area contributed by atoms with E-state index in [9.17, 15) is 9.59 Å². The predicted molar refractivity (Wildman–Crippen MR) is 85.8 cm³/mol. The fourth-order valence-corrected chi connectivity index (χ4v) is 1.76. The van der Waals surface area contributed by atoms with E-state index in [0.29, 0.717) is 17.1 Å². The second kappa shape index (κ2) is 6.43. The Morgan fingerprint density at radius 2 is 1.91 bits per heavy atom. The minimum Gasteiger partial charge on any atom is -0.444 e. The van der Waals surface area contributed by atoms with Crippen molar-refractivity contribution in [2.45, 2.75) is 26.4 Å². The molecule has 0 aromatic carbocycles. The van der Waals surface area contributed by atoms with E-state index in [1.54, 1.807) is 51.2 Å². The van der Waals surface area contributed by atoms with Crippen molar-refractivity contribution in [3.63, 3.8) is 0 Å². The Morgan fingerprint density at radius 3 is 2.48 bits per heavy atom. The number of aromatic nitrogens is 2. The van der Waals surface area contributed by atoms with Gasteiger partial charge < -0.3 is 10.5 Å². The Hall–Kier alpha value is -2.96. The molecule has 0 aliphatic carbocycles. The minimum absolute atomic E-state index is 0.179. The highest BCUT2D eigenvalue weighted by Crippen LogP contribution is 2.18. The normalized spacial score (nSPS) is 10.9. The molecule has 0 bridgehead atoms. The summed E-state index contributed by atoms with van der Waals surface area (Å²) in [6.45, 7) is 5.33. The van der Waals surface area contributed by atoms with Crippen LogP contribution in [0.25, 0.3) is 11.3 Å². The van der Waals surface area contributed by atoms with Crippen LogP contribution >= 0.6 is 0 Å². The number of hydrogen-bond acceptors (Lipinski definition) is 5. The molecule has 0 radical (unpaired) electrons. The molecule has 0 spiro atoms. The van der Waals surface area contributed by atoms with E-state index in [1.165, 1.54) is 6.07 Å². The molecule has 2 aromatic rings. The van der Waals surface area contributed by atoms with Crippen molar-refractivity contribution in [1.29, 1.82) is 0 Å². The quantitative estimate of drug-likeness (QED) is 0.905. The smallest absolute Gasteiger partial charge is 0.413 e. The number of hydrogen-bond donors (Lipinski definition) is 2. The van der Waals surface area contributed by atoms with Gasteiger partial charge in [0.2, 0.25) is 0 Å². The van der Waals surface area contributed by atoms with E-state index >= 15 is 0 Å². The summed E-state index contributed by atoms with van der Waals surface area (Å²) in [6.07, 6.45) is 0.964. The summed E-state index contributed by atoms with van der Waals surface area (Å²) in [5.41, 5.74) is 6.07. The minimum atomic E-state index is -0.594. The third kappa shape index (κ3) is 4.77. The summed E-state index contributed by atoms with van der Waals surface area (Å²) in [5.74, 6) is -0.239. The van der Waals surface area contributed by atoms with E-state index < -0.39 is 17.6 Å². The fourth-order valence-electron chi connectivity index (χ4n) is 1.76. The van der Waals surface area contributed by atoms with Gasteiger partial charge in [-0.1, -0.05) is 6.07 Å². The first-order valence-corrected chi connectivity index (χ1v) is 6.98. The first-order chi connectivity index (χ1) is 10.7. The number of nitrogens with one attached hydrogen (secondary N) is 1. The Labute approximate surface area is 133 Å². The molecule has 0 atom stereocenters. The van der Waals surface area contributed by atoms with E-state index in [1.807, 2.05) is 0 Å². The van der Waals surface area contributed by atoms with E-state index in [2.05, 4.69) is 15.3 Å². The second-order valence-corrected chi connectivity index (χ2v) is 5.83. The maximum Gasteiger partial charge on any atom is 0.413 e. The van der Waals surface area contributed by atoms with Gasteiger partial charge in [-0.05, 0) is 45.0 Å². The lowest BCUT2D eigenvalue weighted by molar-refractivity contribution is 0.0635. The van der Waals surface area contributed by atoms with Gasteiger partial charge in [-0.25, -0.2) is 14.8 Å². The van der Waals surface area contributed by atoms with Crippen molar-refractivity contribution in [2.24, 2.45) is 5.73 Å². The highest BCUT2D eigenvalue weighted by atomic mass is 16.6. The van der Waals surface area contributed by atoms with Crippen molar-refractivity contribution in [1.82, 2.24) is 9.97 Å². The molecule has 2 rings (SSSR count). The van der Waals surface area contributed by atoms with Crippen LogP contribution in [0.4, 0.5) is 10.6 Å². The number of carbonyl (C=O) groups excluding carboxylic acids is 2. The molecule has 0 fully saturated rings. The Balaban J connectivity index is 2.12. The summed E-state index contributed by atoms with van der Waals surface area (Å²) >= 11 is 0. The fraction of sp³-hybridized carbons (Fsp3) is 0.250. The Morgan fingerprint density at radius 1 is 1.17 bits per heavy atom. The van der Waals surface area contributed by atoms with Crippen molar-refractivity contribution >= 4 is 17.8 Å². The van der Waals surface area contributed by atoms with Gasteiger partial charge in [-0.15, -0.1) is 0 Å². The molecule has 0 aliphatic rings. The average molecular weight is 314 g/mol. The molecule has 120 valence electrons. The zero-order valence-corrected chi connectivity index (χ0v) is 13.2. The van der Waals surface area contributed by atoms with Crippen LogP contribution in [0.15, 0.2) is 36.5 Å². The molecule has 23 heavy (non-hydrogen) atoms. The van der Waals surface area contributed by atoms with Crippen LogP contribution in [-0.4, -0.2) is 27.6 Å². The van der Waals surface area contributed by atoms with E-state index in [0.717, 1.165) is 0 Å². The van der Waals surface area contributed by atoms with Crippen molar-refractivity contribution in [3.8, 4) is 11.3 Å². The van der Waals surface area contributed by atoms with Crippen molar-refractivity contribution in [3.05, 3.63) is 42.2 Å². The molecule has 7 nitrogen and oxygen atoms in total. The van der Waals surface area contributed by atoms with E-state index in [-0.39, 0.29) is 5.69 Å². The highest BCUT2D eigenvalue weighted by Gasteiger charge is 2.16. The molecule has 0 saturated carbocycles. The largest absolute Gasteiger partial charge is 0.444 e. The molecule has 0 unspecified atom stereocenters. The number of carbonyl (C=O) groups is 2. The van der Waals surface area contributed by atoms with Crippen LogP contribution in [0.1, 0.15) is 31.3 Å². The van der Waals surface area contributed by atoms with Crippen molar-refractivity contribution < 1.29 is 14.3 Å². The van der Waals surface area contributed by atoms with Gasteiger partial charge in [0.1, 0.15) is 17.1 Å². The van der Waals surface area contributed by atoms with Gasteiger partial charge >= 0.3 is 6.09 Å². The maximum absolute atomic E-state index is 11.7. The number of amides is 2. The summed E-state index contributed by atoms with van der Waals surface area (Å²) in [6, 6.07) is 8.32. The van der Waals surface area contributed by atoms with Gasteiger partial charge in [0.05, 0.1) is 5.69 Å². The Bertz CT molecular complexity index is 721. The van der Waals surface area contributed by atoms with Crippen LogP contribution in [0.5, 0.6) is 0 Å². The zero-order chi connectivity index (χ0) is 17.0.